The van der Waals surface area contributed by atoms with Crippen LogP contribution in [0.15, 0.2) is 66.7 Å². The predicted octanol–water partition coefficient (Wildman–Crippen LogP) is 6.18. The molecule has 0 radical (unpaired) electrons. The van der Waals surface area contributed by atoms with Crippen molar-refractivity contribution in [3.63, 3.8) is 0 Å². The first-order valence-electron chi connectivity index (χ1n) is 9.92. The summed E-state index contributed by atoms with van der Waals surface area (Å²) in [6.07, 6.45) is -4.47. The molecule has 0 spiro atoms. The van der Waals surface area contributed by atoms with Crippen LogP contribution in [-0.2, 0) is 11.0 Å². The molecule has 170 valence electrons. The summed E-state index contributed by atoms with van der Waals surface area (Å²) in [7, 11) is 0. The van der Waals surface area contributed by atoms with E-state index in [9.17, 15) is 27.2 Å². The van der Waals surface area contributed by atoms with Gasteiger partial charge < -0.3 is 5.32 Å². The molecule has 1 unspecified atom stereocenters. The molecule has 1 fully saturated rings. The molecule has 0 bridgehead atoms. The second kappa shape index (κ2) is 8.90. The van der Waals surface area contributed by atoms with Crippen molar-refractivity contribution in [2.45, 2.75) is 18.5 Å². The fourth-order valence-electron chi connectivity index (χ4n) is 3.43. The van der Waals surface area contributed by atoms with Crippen LogP contribution in [0.1, 0.15) is 32.4 Å². The number of alkyl halides is 3. The molecule has 9 heteroatoms. The van der Waals surface area contributed by atoms with E-state index in [1.807, 2.05) is 0 Å². The maximum Gasteiger partial charge on any atom is 0.416 e. The minimum atomic E-state index is -4.47. The summed E-state index contributed by atoms with van der Waals surface area (Å²) in [5.41, 5.74) is 1.47. The number of carbonyl (C=O) groups is 2. The Labute approximate surface area is 191 Å². The number of halogens is 4. The van der Waals surface area contributed by atoms with Crippen LogP contribution in [0, 0.1) is 12.7 Å². The van der Waals surface area contributed by atoms with E-state index in [2.05, 4.69) is 5.32 Å². The van der Waals surface area contributed by atoms with Crippen molar-refractivity contribution in [1.29, 1.82) is 0 Å². The van der Waals surface area contributed by atoms with E-state index in [0.29, 0.717) is 16.9 Å². The zero-order chi connectivity index (χ0) is 23.8. The Morgan fingerprint density at radius 3 is 2.30 bits per heavy atom. The molecule has 0 saturated carbocycles. The Morgan fingerprint density at radius 1 is 1.03 bits per heavy atom. The molecule has 1 heterocycles. The van der Waals surface area contributed by atoms with E-state index in [1.54, 1.807) is 48.2 Å². The second-order valence-electron chi connectivity index (χ2n) is 7.51. The van der Waals surface area contributed by atoms with Gasteiger partial charge in [0.15, 0.2) is 0 Å². The molecule has 1 saturated heterocycles. The maximum atomic E-state index is 14.0. The Morgan fingerprint density at radius 2 is 1.70 bits per heavy atom. The summed E-state index contributed by atoms with van der Waals surface area (Å²) in [6, 6.07) is 15.4. The Bertz CT molecular complexity index is 1190. The van der Waals surface area contributed by atoms with Gasteiger partial charge in [0.1, 0.15) is 11.2 Å². The van der Waals surface area contributed by atoms with Gasteiger partial charge in [-0.15, -0.1) is 11.8 Å². The van der Waals surface area contributed by atoms with Gasteiger partial charge in [0.05, 0.1) is 11.3 Å². The fourth-order valence-corrected chi connectivity index (χ4v) is 4.60. The lowest BCUT2D eigenvalue weighted by molar-refractivity contribution is -0.137. The third-order valence-electron chi connectivity index (χ3n) is 5.23. The largest absolute Gasteiger partial charge is 0.416 e. The average Bonchev–Trinajstić information content (AvgIpc) is 3.17. The molecular weight excluding hydrogens is 456 g/mol. The molecule has 0 aromatic heterocycles. The van der Waals surface area contributed by atoms with Gasteiger partial charge in [0, 0.05) is 16.9 Å². The number of anilines is 2. The summed E-state index contributed by atoms with van der Waals surface area (Å²) in [5, 5.41) is 2.29. The third kappa shape index (κ3) is 4.88. The van der Waals surface area contributed by atoms with Gasteiger partial charge in [-0.05, 0) is 66.6 Å². The smallest absolute Gasteiger partial charge is 0.322 e. The summed E-state index contributed by atoms with van der Waals surface area (Å²) in [5.74, 6) is -0.809. The number of nitrogens with one attached hydrogen (secondary N) is 1. The number of carbonyl (C=O) groups excluding carboxylic acids is 2. The first-order chi connectivity index (χ1) is 15.6. The van der Waals surface area contributed by atoms with E-state index >= 15 is 0 Å². The van der Waals surface area contributed by atoms with Crippen LogP contribution in [0.25, 0.3) is 0 Å². The van der Waals surface area contributed by atoms with E-state index in [4.69, 9.17) is 0 Å². The lowest BCUT2D eigenvalue weighted by Gasteiger charge is -2.25. The number of benzene rings is 3. The van der Waals surface area contributed by atoms with Crippen LogP contribution in [0.5, 0.6) is 0 Å². The first kappa shape index (κ1) is 22.8. The van der Waals surface area contributed by atoms with Crippen molar-refractivity contribution in [1.82, 2.24) is 0 Å². The van der Waals surface area contributed by atoms with Crippen LogP contribution in [0.2, 0.25) is 0 Å². The molecule has 4 nitrogen and oxygen atoms in total. The molecular formula is C24H18F4N2O2S. The van der Waals surface area contributed by atoms with Gasteiger partial charge in [-0.1, -0.05) is 18.2 Å². The lowest BCUT2D eigenvalue weighted by atomic mass is 10.1. The van der Waals surface area contributed by atoms with Crippen LogP contribution < -0.4 is 10.2 Å². The predicted molar refractivity (Wildman–Crippen MR) is 120 cm³/mol. The highest BCUT2D eigenvalue weighted by molar-refractivity contribution is 8.00. The lowest BCUT2D eigenvalue weighted by Crippen LogP contribution is -2.28. The monoisotopic (exact) mass is 474 g/mol. The zero-order valence-electron chi connectivity index (χ0n) is 17.3. The number of hydrogen-bond acceptors (Lipinski definition) is 3. The zero-order valence-corrected chi connectivity index (χ0v) is 18.1. The van der Waals surface area contributed by atoms with Crippen LogP contribution >= 0.6 is 11.8 Å². The molecule has 1 atom stereocenters. The van der Waals surface area contributed by atoms with Crippen molar-refractivity contribution < 1.29 is 27.2 Å². The normalized spacial score (nSPS) is 16.2. The molecule has 4 rings (SSSR count). The molecule has 2 amide bonds. The summed E-state index contributed by atoms with van der Waals surface area (Å²) in [4.78, 5) is 26.4. The van der Waals surface area contributed by atoms with E-state index in [-0.39, 0.29) is 22.6 Å². The van der Waals surface area contributed by atoms with Crippen molar-refractivity contribution >= 4 is 35.0 Å². The second-order valence-corrected chi connectivity index (χ2v) is 8.58. The Hall–Kier alpha value is -3.33. The minimum Gasteiger partial charge on any atom is -0.322 e. The van der Waals surface area contributed by atoms with Crippen molar-refractivity contribution in [2.75, 3.05) is 16.0 Å². The van der Waals surface area contributed by atoms with Gasteiger partial charge in [0.2, 0.25) is 5.91 Å². The number of nitrogens with zero attached hydrogens (tertiary/aromatic N) is 1. The Balaban J connectivity index is 1.49. The maximum absolute atomic E-state index is 14.0. The molecule has 1 N–H and O–H groups in total. The number of thioether (sulfide) groups is 1. The van der Waals surface area contributed by atoms with Crippen LogP contribution in [-0.4, -0.2) is 17.6 Å². The van der Waals surface area contributed by atoms with Crippen LogP contribution in [0.3, 0.4) is 0 Å². The van der Waals surface area contributed by atoms with Gasteiger partial charge in [0.25, 0.3) is 5.91 Å². The van der Waals surface area contributed by atoms with Crippen LogP contribution in [0.4, 0.5) is 28.9 Å². The molecule has 3 aromatic carbocycles. The number of rotatable bonds is 4. The number of amides is 2. The van der Waals surface area contributed by atoms with Crippen molar-refractivity contribution in [3.8, 4) is 0 Å². The molecule has 3 aromatic rings. The standard InChI is InChI=1S/C24H18F4N2O2S/c1-14-2-11-19(12-20(14)25)30-21(31)13-33-23(30)16-5-9-18(10-6-16)29-22(32)15-3-7-17(8-4-15)24(26,27)28/h2-12,23H,13H2,1H3,(H,29,32). The van der Waals surface area contributed by atoms with Gasteiger partial charge in [-0.25, -0.2) is 4.39 Å². The summed E-state index contributed by atoms with van der Waals surface area (Å²) in [6.45, 7) is 1.65. The highest BCUT2D eigenvalue weighted by atomic mass is 32.2. The molecule has 1 aliphatic heterocycles. The SMILES string of the molecule is Cc1ccc(N2C(=O)CSC2c2ccc(NC(=O)c3ccc(C(F)(F)F)cc3)cc2)cc1F. The summed E-state index contributed by atoms with van der Waals surface area (Å²) < 4.78 is 52.1. The van der Waals surface area contributed by atoms with E-state index < -0.39 is 23.5 Å². The Kier molecular flexibility index (Phi) is 6.16. The molecule has 0 aliphatic carbocycles. The number of aryl methyl sites for hydroxylation is 1. The van der Waals surface area contributed by atoms with E-state index in [0.717, 1.165) is 29.8 Å². The van der Waals surface area contributed by atoms with Gasteiger partial charge in [-0.3, -0.25) is 14.5 Å². The molecule has 1 aliphatic rings. The van der Waals surface area contributed by atoms with Gasteiger partial charge >= 0.3 is 6.18 Å². The van der Waals surface area contributed by atoms with E-state index in [1.165, 1.54) is 17.8 Å². The number of hydrogen-bond donors (Lipinski definition) is 1. The van der Waals surface area contributed by atoms with Crippen molar-refractivity contribution in [2.24, 2.45) is 0 Å². The highest BCUT2D eigenvalue weighted by Gasteiger charge is 2.34. The fraction of sp³-hybridized carbons (Fsp3) is 0.167. The van der Waals surface area contributed by atoms with Gasteiger partial charge in [-0.2, -0.15) is 13.2 Å². The quantitative estimate of drug-likeness (QED) is 0.459. The topological polar surface area (TPSA) is 49.4 Å². The summed E-state index contributed by atoms with van der Waals surface area (Å²) >= 11 is 1.41. The average molecular weight is 474 g/mol. The molecule has 33 heavy (non-hydrogen) atoms. The van der Waals surface area contributed by atoms with Crippen molar-refractivity contribution in [3.05, 3.63) is 94.8 Å². The first-order valence-corrected chi connectivity index (χ1v) is 11.0. The third-order valence-corrected chi connectivity index (χ3v) is 6.44. The minimum absolute atomic E-state index is 0.0941. The highest BCUT2D eigenvalue weighted by Crippen LogP contribution is 2.42.